The van der Waals surface area contributed by atoms with Gasteiger partial charge in [0.25, 0.3) is 0 Å². The number of carbonyl (C=O) groups is 1. The molecule has 0 saturated heterocycles. The molecule has 0 fully saturated rings. The first-order valence-electron chi connectivity index (χ1n) is 6.22. The van der Waals surface area contributed by atoms with Crippen molar-refractivity contribution in [3.8, 4) is 0 Å². The first-order chi connectivity index (χ1) is 9.70. The highest BCUT2D eigenvalue weighted by atomic mass is 32.2. The fraction of sp³-hybridized carbons (Fsp3) is 0.308. The number of hydrogen-bond donors (Lipinski definition) is 1. The van der Waals surface area contributed by atoms with Gasteiger partial charge in [-0.2, -0.15) is 0 Å². The van der Waals surface area contributed by atoms with Crippen molar-refractivity contribution in [3.63, 3.8) is 0 Å². The molecule has 6 nitrogen and oxygen atoms in total. The van der Waals surface area contributed by atoms with Crippen LogP contribution in [0.4, 0.5) is 5.69 Å². The van der Waals surface area contributed by atoms with E-state index in [9.17, 15) is 9.90 Å². The lowest BCUT2D eigenvalue weighted by molar-refractivity contribution is 0.0693. The molecule has 104 valence electrons. The highest BCUT2D eigenvalue weighted by Crippen LogP contribution is 2.31. The highest BCUT2D eigenvalue weighted by Gasteiger charge is 2.23. The summed E-state index contributed by atoms with van der Waals surface area (Å²) in [5.74, 6) is -0.0286. The molecular formula is C13H14N4O2S. The molecule has 20 heavy (non-hydrogen) atoms. The summed E-state index contributed by atoms with van der Waals surface area (Å²) >= 11 is 1.45. The van der Waals surface area contributed by atoms with Gasteiger partial charge in [0, 0.05) is 18.0 Å². The molecule has 0 saturated carbocycles. The molecule has 1 aliphatic rings. The van der Waals surface area contributed by atoms with Crippen LogP contribution in [-0.4, -0.2) is 38.6 Å². The Kier molecular flexibility index (Phi) is 3.35. The number of aromatic carboxylic acids is 1. The summed E-state index contributed by atoms with van der Waals surface area (Å²) in [7, 11) is 0. The normalized spacial score (nSPS) is 14.2. The summed E-state index contributed by atoms with van der Waals surface area (Å²) in [6, 6.07) is 5.59. The molecule has 0 bridgehead atoms. The molecule has 0 atom stereocenters. The van der Waals surface area contributed by atoms with E-state index in [0.29, 0.717) is 12.1 Å². The molecule has 7 heteroatoms. The maximum Gasteiger partial charge on any atom is 0.338 e. The van der Waals surface area contributed by atoms with Crippen LogP contribution in [-0.2, 0) is 13.1 Å². The van der Waals surface area contributed by atoms with E-state index < -0.39 is 5.97 Å². The molecule has 1 aromatic heterocycles. The summed E-state index contributed by atoms with van der Waals surface area (Å²) in [6.07, 6.45) is 3.60. The largest absolute Gasteiger partial charge is 0.478 e. The fourth-order valence-corrected chi connectivity index (χ4v) is 3.05. The molecule has 0 amide bonds. The maximum absolute atomic E-state index is 11.6. The van der Waals surface area contributed by atoms with Gasteiger partial charge < -0.3 is 14.6 Å². The van der Waals surface area contributed by atoms with E-state index in [1.54, 1.807) is 6.33 Å². The second-order valence-electron chi connectivity index (χ2n) is 4.52. The Morgan fingerprint density at radius 1 is 1.40 bits per heavy atom. The van der Waals surface area contributed by atoms with E-state index in [2.05, 4.69) is 10.2 Å². The van der Waals surface area contributed by atoms with Gasteiger partial charge in [0.2, 0.25) is 0 Å². The Labute approximate surface area is 120 Å². The molecule has 0 spiro atoms. The third kappa shape index (κ3) is 2.14. The lowest BCUT2D eigenvalue weighted by atomic mass is 10.1. The van der Waals surface area contributed by atoms with Gasteiger partial charge in [0.05, 0.1) is 17.8 Å². The van der Waals surface area contributed by atoms with Crippen LogP contribution in [0.2, 0.25) is 0 Å². The monoisotopic (exact) mass is 290 g/mol. The molecule has 1 aliphatic heterocycles. The minimum Gasteiger partial charge on any atom is -0.478 e. The van der Waals surface area contributed by atoms with Gasteiger partial charge in [-0.05, 0) is 18.4 Å². The van der Waals surface area contributed by atoms with Crippen LogP contribution in [0.5, 0.6) is 0 Å². The second-order valence-corrected chi connectivity index (χ2v) is 5.37. The molecule has 1 N–H and O–H groups in total. The zero-order valence-electron chi connectivity index (χ0n) is 11.0. The van der Waals surface area contributed by atoms with Crippen molar-refractivity contribution in [2.75, 3.05) is 17.7 Å². The summed E-state index contributed by atoms with van der Waals surface area (Å²) < 4.78 is 2.00. The summed E-state index contributed by atoms with van der Waals surface area (Å²) in [5.41, 5.74) is 1.12. The van der Waals surface area contributed by atoms with Crippen LogP contribution in [0.25, 0.3) is 0 Å². The Hall–Kier alpha value is -2.02. The number of nitrogens with zero attached hydrogens (tertiary/aromatic N) is 4. The van der Waals surface area contributed by atoms with Gasteiger partial charge in [-0.25, -0.2) is 4.79 Å². The van der Waals surface area contributed by atoms with E-state index in [4.69, 9.17) is 0 Å². The zero-order chi connectivity index (χ0) is 14.1. The number of anilines is 1. The number of aromatic nitrogens is 3. The Balaban J connectivity index is 2.01. The summed E-state index contributed by atoms with van der Waals surface area (Å²) in [6.45, 7) is 2.10. The molecule has 2 heterocycles. The smallest absolute Gasteiger partial charge is 0.338 e. The van der Waals surface area contributed by atoms with E-state index in [-0.39, 0.29) is 0 Å². The summed E-state index contributed by atoms with van der Waals surface area (Å²) in [4.78, 5) is 14.4. The van der Waals surface area contributed by atoms with Crippen molar-refractivity contribution in [3.05, 3.63) is 35.9 Å². The van der Waals surface area contributed by atoms with Gasteiger partial charge >= 0.3 is 5.97 Å². The van der Waals surface area contributed by atoms with Gasteiger partial charge in [0.15, 0.2) is 5.82 Å². The van der Waals surface area contributed by atoms with Gasteiger partial charge in [-0.15, -0.1) is 22.0 Å². The average Bonchev–Trinajstić information content (AvgIpc) is 2.93. The van der Waals surface area contributed by atoms with Crippen LogP contribution >= 0.6 is 11.8 Å². The van der Waals surface area contributed by atoms with Crippen molar-refractivity contribution >= 4 is 23.4 Å². The molecule has 1 aromatic carbocycles. The number of rotatable bonds is 3. The van der Waals surface area contributed by atoms with Crippen molar-refractivity contribution in [1.29, 1.82) is 0 Å². The Bertz CT molecular complexity index is 656. The molecule has 0 unspecified atom stereocenters. The Morgan fingerprint density at radius 3 is 3.00 bits per heavy atom. The second kappa shape index (κ2) is 5.16. The standard InChI is InChI=1S/C13H14N4O2S/c1-20-10-4-2-3-9(12(10)13(18)19)16-5-6-17-8-14-15-11(17)7-16/h2-4,8H,5-7H2,1H3,(H,18,19). The van der Waals surface area contributed by atoms with Crippen molar-refractivity contribution < 1.29 is 9.90 Å². The molecule has 2 aromatic rings. The molecule has 0 aliphatic carbocycles. The van der Waals surface area contributed by atoms with Gasteiger partial charge in [-0.3, -0.25) is 0 Å². The van der Waals surface area contributed by atoms with E-state index in [0.717, 1.165) is 29.5 Å². The van der Waals surface area contributed by atoms with E-state index in [1.807, 2.05) is 33.9 Å². The Morgan fingerprint density at radius 2 is 2.25 bits per heavy atom. The van der Waals surface area contributed by atoms with Crippen molar-refractivity contribution in [2.24, 2.45) is 0 Å². The average molecular weight is 290 g/mol. The zero-order valence-corrected chi connectivity index (χ0v) is 11.8. The lowest BCUT2D eigenvalue weighted by Gasteiger charge is -2.30. The van der Waals surface area contributed by atoms with Crippen LogP contribution < -0.4 is 4.90 Å². The van der Waals surface area contributed by atoms with Gasteiger partial charge in [0.1, 0.15) is 6.33 Å². The predicted molar refractivity (Wildman–Crippen MR) is 76.3 cm³/mol. The molecule has 0 radical (unpaired) electrons. The fourth-order valence-electron chi connectivity index (χ4n) is 2.44. The number of hydrogen-bond acceptors (Lipinski definition) is 5. The first-order valence-corrected chi connectivity index (χ1v) is 7.45. The first kappa shape index (κ1) is 13.0. The summed E-state index contributed by atoms with van der Waals surface area (Å²) in [5, 5.41) is 17.4. The predicted octanol–water partition coefficient (Wildman–Crippen LogP) is 1.72. The van der Waals surface area contributed by atoms with Crippen LogP contribution in [0.15, 0.2) is 29.4 Å². The number of carboxylic acids is 1. The maximum atomic E-state index is 11.6. The number of fused-ring (bicyclic) bond motifs is 1. The SMILES string of the molecule is CSc1cccc(N2CCn3cnnc3C2)c1C(=O)O. The highest BCUT2D eigenvalue weighted by molar-refractivity contribution is 7.98. The van der Waals surface area contributed by atoms with E-state index >= 15 is 0 Å². The van der Waals surface area contributed by atoms with Crippen molar-refractivity contribution in [1.82, 2.24) is 14.8 Å². The van der Waals surface area contributed by atoms with Crippen LogP contribution in [0.3, 0.4) is 0 Å². The van der Waals surface area contributed by atoms with Crippen LogP contribution in [0, 0.1) is 0 Å². The van der Waals surface area contributed by atoms with Gasteiger partial charge in [-0.1, -0.05) is 6.07 Å². The third-order valence-electron chi connectivity index (χ3n) is 3.42. The molecule has 3 rings (SSSR count). The van der Waals surface area contributed by atoms with Crippen LogP contribution in [0.1, 0.15) is 16.2 Å². The van der Waals surface area contributed by atoms with Crippen molar-refractivity contribution in [2.45, 2.75) is 18.0 Å². The number of thioether (sulfide) groups is 1. The minimum atomic E-state index is -0.892. The minimum absolute atomic E-state index is 0.368. The van der Waals surface area contributed by atoms with E-state index in [1.165, 1.54) is 11.8 Å². The topological polar surface area (TPSA) is 71.2 Å². The third-order valence-corrected chi connectivity index (χ3v) is 4.20. The number of benzene rings is 1. The molecular weight excluding hydrogens is 276 g/mol. The lowest BCUT2D eigenvalue weighted by Crippen LogP contribution is -2.34. The number of carboxylic acid groups (broad SMARTS) is 1. The quantitative estimate of drug-likeness (QED) is 0.868.